The summed E-state index contributed by atoms with van der Waals surface area (Å²) in [7, 11) is 0. The Labute approximate surface area is 269 Å². The van der Waals surface area contributed by atoms with Crippen LogP contribution in [0.1, 0.15) is 29.7 Å². The van der Waals surface area contributed by atoms with Gasteiger partial charge in [-0.2, -0.15) is 13.2 Å². The van der Waals surface area contributed by atoms with Gasteiger partial charge in [0.2, 0.25) is 0 Å². The number of fused-ring (bicyclic) bond motifs is 1. The Bertz CT molecular complexity index is 2010. The first kappa shape index (κ1) is 32.1. The SMILES string of the molecule is CCOC(=O)C1=C(C(F)(F)F)N=c2s/c(=C\c3cc(Br)ccc3OCc3ccc([N+](=O)[O-])cc3)c(=O)n2[C@@H]1c1ccc(Cl)cc1. The zero-order valence-corrected chi connectivity index (χ0v) is 26.2. The number of carbonyl (C=O) groups is 1. The molecule has 3 aromatic carbocycles. The molecule has 0 spiro atoms. The van der Waals surface area contributed by atoms with Gasteiger partial charge in [0.15, 0.2) is 10.5 Å². The van der Waals surface area contributed by atoms with E-state index in [4.69, 9.17) is 21.1 Å². The summed E-state index contributed by atoms with van der Waals surface area (Å²) in [6.45, 7) is 1.30. The van der Waals surface area contributed by atoms with E-state index in [0.717, 1.165) is 15.9 Å². The molecule has 15 heteroatoms. The van der Waals surface area contributed by atoms with Crippen LogP contribution in [0.2, 0.25) is 5.02 Å². The van der Waals surface area contributed by atoms with Crippen LogP contribution in [-0.2, 0) is 16.1 Å². The van der Waals surface area contributed by atoms with Crippen molar-refractivity contribution in [3.05, 3.63) is 134 Å². The van der Waals surface area contributed by atoms with Gasteiger partial charge in [0, 0.05) is 27.2 Å². The smallest absolute Gasteiger partial charge is 0.434 e. The van der Waals surface area contributed by atoms with E-state index in [1.807, 2.05) is 0 Å². The number of ether oxygens (including phenoxy) is 2. The van der Waals surface area contributed by atoms with Crippen LogP contribution >= 0.6 is 38.9 Å². The summed E-state index contributed by atoms with van der Waals surface area (Å²) in [6.07, 6.45) is -3.58. The third-order valence-electron chi connectivity index (χ3n) is 6.58. The number of hydrogen-bond donors (Lipinski definition) is 0. The summed E-state index contributed by atoms with van der Waals surface area (Å²) < 4.78 is 55.7. The Balaban J connectivity index is 1.64. The molecule has 232 valence electrons. The van der Waals surface area contributed by atoms with Crippen LogP contribution in [0.3, 0.4) is 0 Å². The fourth-order valence-corrected chi connectivity index (χ4v) is 6.08. The van der Waals surface area contributed by atoms with Gasteiger partial charge >= 0.3 is 12.1 Å². The minimum atomic E-state index is -5.04. The third kappa shape index (κ3) is 6.87. The lowest BCUT2D eigenvalue weighted by Gasteiger charge is -2.26. The van der Waals surface area contributed by atoms with Crippen LogP contribution in [-0.4, -0.2) is 28.2 Å². The lowest BCUT2D eigenvalue weighted by molar-refractivity contribution is -0.384. The highest BCUT2D eigenvalue weighted by atomic mass is 79.9. The van der Waals surface area contributed by atoms with Crippen molar-refractivity contribution in [2.75, 3.05) is 6.61 Å². The number of nitrogens with zero attached hydrogens (tertiary/aromatic N) is 3. The normalized spacial score (nSPS) is 15.0. The molecule has 0 unspecified atom stereocenters. The Morgan fingerprint density at radius 2 is 1.84 bits per heavy atom. The van der Waals surface area contributed by atoms with Crippen LogP contribution in [0.5, 0.6) is 5.75 Å². The number of carbonyl (C=O) groups excluding carboxylic acids is 1. The predicted octanol–water partition coefficient (Wildman–Crippen LogP) is 6.24. The van der Waals surface area contributed by atoms with E-state index >= 15 is 0 Å². The molecule has 0 N–H and O–H groups in total. The van der Waals surface area contributed by atoms with Crippen molar-refractivity contribution in [3.63, 3.8) is 0 Å². The molecule has 0 fully saturated rings. The van der Waals surface area contributed by atoms with E-state index in [1.165, 1.54) is 49.4 Å². The fourth-order valence-electron chi connectivity index (χ4n) is 4.58. The highest BCUT2D eigenvalue weighted by molar-refractivity contribution is 9.10. The fraction of sp³-hybridized carbons (Fsp3) is 0.167. The molecule has 1 aromatic heterocycles. The molecule has 45 heavy (non-hydrogen) atoms. The van der Waals surface area contributed by atoms with E-state index in [2.05, 4.69) is 20.9 Å². The van der Waals surface area contributed by atoms with Gasteiger partial charge in [-0.15, -0.1) is 0 Å². The maximum Gasteiger partial charge on any atom is 0.434 e. The van der Waals surface area contributed by atoms with Crippen LogP contribution in [0.15, 0.2) is 92.3 Å². The number of rotatable bonds is 8. The second-order valence-corrected chi connectivity index (χ2v) is 11.9. The number of allylic oxidation sites excluding steroid dienone is 1. The summed E-state index contributed by atoms with van der Waals surface area (Å²) >= 11 is 10.1. The first-order chi connectivity index (χ1) is 21.4. The monoisotopic (exact) mass is 721 g/mol. The summed E-state index contributed by atoms with van der Waals surface area (Å²) in [6, 6.07) is 15.0. The Morgan fingerprint density at radius 1 is 1.16 bits per heavy atom. The number of aromatic nitrogens is 1. The Hall–Kier alpha value is -4.27. The number of esters is 1. The molecule has 2 heterocycles. The van der Waals surface area contributed by atoms with Gasteiger partial charge in [-0.3, -0.25) is 19.5 Å². The number of alkyl halides is 3. The molecule has 1 atom stereocenters. The van der Waals surface area contributed by atoms with E-state index in [9.17, 15) is 32.9 Å². The van der Waals surface area contributed by atoms with E-state index < -0.39 is 39.9 Å². The van der Waals surface area contributed by atoms with Gasteiger partial charge in [-0.1, -0.05) is 51.0 Å². The molecule has 0 amide bonds. The molecular weight excluding hydrogens is 703 g/mol. The average Bonchev–Trinajstić information content (AvgIpc) is 3.30. The highest BCUT2D eigenvalue weighted by Gasteiger charge is 2.45. The van der Waals surface area contributed by atoms with Crippen molar-refractivity contribution >= 4 is 56.6 Å². The van der Waals surface area contributed by atoms with Crippen molar-refractivity contribution in [1.82, 2.24) is 4.57 Å². The van der Waals surface area contributed by atoms with Crippen LogP contribution in [0, 0.1) is 10.1 Å². The maximum absolute atomic E-state index is 14.4. The Kier molecular flexibility index (Phi) is 9.28. The third-order valence-corrected chi connectivity index (χ3v) is 8.31. The minimum absolute atomic E-state index is 0.0256. The molecular formula is C30H20BrClF3N3O6S. The molecule has 0 bridgehead atoms. The lowest BCUT2D eigenvalue weighted by Crippen LogP contribution is -2.41. The molecule has 5 rings (SSSR count). The first-order valence-electron chi connectivity index (χ1n) is 13.1. The summed E-state index contributed by atoms with van der Waals surface area (Å²) in [5.41, 5.74) is -1.79. The number of benzene rings is 3. The van der Waals surface area contributed by atoms with Gasteiger partial charge in [0.1, 0.15) is 12.4 Å². The number of nitro groups is 1. The van der Waals surface area contributed by atoms with Gasteiger partial charge in [-0.25, -0.2) is 9.79 Å². The highest BCUT2D eigenvalue weighted by Crippen LogP contribution is 2.38. The topological polar surface area (TPSA) is 113 Å². The van der Waals surface area contributed by atoms with Gasteiger partial charge in [0.05, 0.1) is 27.7 Å². The van der Waals surface area contributed by atoms with E-state index in [-0.39, 0.29) is 33.8 Å². The molecule has 1 aliphatic rings. The Morgan fingerprint density at radius 3 is 2.47 bits per heavy atom. The molecule has 0 saturated heterocycles. The lowest BCUT2D eigenvalue weighted by atomic mass is 9.95. The van der Waals surface area contributed by atoms with Crippen LogP contribution in [0.25, 0.3) is 6.08 Å². The zero-order chi connectivity index (χ0) is 32.5. The van der Waals surface area contributed by atoms with Crippen molar-refractivity contribution < 1.29 is 32.4 Å². The van der Waals surface area contributed by atoms with Crippen LogP contribution < -0.4 is 19.6 Å². The average molecular weight is 723 g/mol. The van der Waals surface area contributed by atoms with Crippen molar-refractivity contribution in [3.8, 4) is 5.75 Å². The van der Waals surface area contributed by atoms with Crippen LogP contribution in [0.4, 0.5) is 18.9 Å². The second-order valence-electron chi connectivity index (χ2n) is 9.51. The quantitative estimate of drug-likeness (QED) is 0.121. The van der Waals surface area contributed by atoms with Gasteiger partial charge < -0.3 is 9.47 Å². The van der Waals surface area contributed by atoms with Crippen molar-refractivity contribution in [2.24, 2.45) is 4.99 Å². The van der Waals surface area contributed by atoms with E-state index in [0.29, 0.717) is 26.4 Å². The number of hydrogen-bond acceptors (Lipinski definition) is 8. The predicted molar refractivity (Wildman–Crippen MR) is 164 cm³/mol. The van der Waals surface area contributed by atoms with Gasteiger partial charge in [-0.05, 0) is 66.6 Å². The molecule has 0 saturated carbocycles. The zero-order valence-electron chi connectivity index (χ0n) is 23.0. The molecule has 0 radical (unpaired) electrons. The molecule has 9 nitrogen and oxygen atoms in total. The molecule has 0 aliphatic carbocycles. The molecule has 4 aromatic rings. The maximum atomic E-state index is 14.4. The number of thiazole rings is 1. The largest absolute Gasteiger partial charge is 0.488 e. The van der Waals surface area contributed by atoms with Gasteiger partial charge in [0.25, 0.3) is 11.2 Å². The number of nitro benzene ring substituents is 1. The number of non-ortho nitro benzene ring substituents is 1. The summed E-state index contributed by atoms with van der Waals surface area (Å²) in [5, 5.41) is 11.3. The van der Waals surface area contributed by atoms with E-state index in [1.54, 1.807) is 30.3 Å². The second kappa shape index (κ2) is 13.0. The summed E-state index contributed by atoms with van der Waals surface area (Å²) in [5.74, 6) is -0.920. The van der Waals surface area contributed by atoms with Crippen molar-refractivity contribution in [2.45, 2.75) is 25.7 Å². The minimum Gasteiger partial charge on any atom is -0.488 e. The standard InChI is InChI=1S/C30H20BrClF3N3O6S/c1-2-43-28(40)24-25(17-5-8-20(32)9-6-17)37-27(39)23(45-29(37)36-26(24)30(33,34)35)14-18-13-19(31)7-12-22(18)44-15-16-3-10-21(11-4-16)38(41)42/h3-14,25H,2,15H2,1H3/b23-14-/t25-/m1/s1. The molecule has 1 aliphatic heterocycles. The number of halogens is 5. The first-order valence-corrected chi connectivity index (χ1v) is 15.1. The van der Waals surface area contributed by atoms with Crippen molar-refractivity contribution in [1.29, 1.82) is 0 Å². The summed E-state index contributed by atoms with van der Waals surface area (Å²) in [4.78, 5) is 40.8.